The summed E-state index contributed by atoms with van der Waals surface area (Å²) in [5.74, 6) is 1.69. The Hall–Kier alpha value is -2.47. The molecule has 0 amide bonds. The molecule has 1 aliphatic heterocycles. The van der Waals surface area contributed by atoms with Crippen molar-refractivity contribution in [1.82, 2.24) is 0 Å². The molecule has 1 aliphatic rings. The minimum Gasteiger partial charge on any atom is -0.490 e. The van der Waals surface area contributed by atoms with Gasteiger partial charge in [-0.3, -0.25) is 0 Å². The monoisotopic (exact) mass is 390 g/mol. The number of carbonyl (C=O) groups excluding carboxylic acids is 1. The first-order valence-corrected chi connectivity index (χ1v) is 8.13. The number of ether oxygens (including phenoxy) is 4. The highest BCUT2D eigenvalue weighted by atomic mass is 79.9. The highest BCUT2D eigenvalue weighted by Gasteiger charge is 2.12. The molecule has 0 N–H and O–H groups in total. The van der Waals surface area contributed by atoms with Crippen LogP contribution in [0.2, 0.25) is 0 Å². The fourth-order valence-corrected chi connectivity index (χ4v) is 2.33. The lowest BCUT2D eigenvalue weighted by Gasteiger charge is -2.06. The maximum atomic E-state index is 11.7. The largest absolute Gasteiger partial charge is 0.490 e. The van der Waals surface area contributed by atoms with E-state index in [2.05, 4.69) is 15.9 Å². The molecule has 0 atom stereocenters. The van der Waals surface area contributed by atoms with Crippen molar-refractivity contribution >= 4 is 28.0 Å². The number of halogens is 1. The van der Waals surface area contributed by atoms with Crippen molar-refractivity contribution in [3.05, 3.63) is 58.6 Å². The Balaban J connectivity index is 1.41. The maximum absolute atomic E-state index is 11.7. The highest BCUT2D eigenvalue weighted by molar-refractivity contribution is 9.10. The third-order valence-corrected chi connectivity index (χ3v) is 3.75. The topological polar surface area (TPSA) is 54.0 Å². The third-order valence-electron chi connectivity index (χ3n) is 3.22. The van der Waals surface area contributed by atoms with Crippen LogP contribution >= 0.6 is 15.9 Å². The van der Waals surface area contributed by atoms with Crippen molar-refractivity contribution in [3.63, 3.8) is 0 Å². The SMILES string of the molecule is O=C(/C=C/c1ccc2c(c1)OCO2)OCCOc1ccc(Br)cc1. The number of benzene rings is 2. The molecule has 0 radical (unpaired) electrons. The molecular weight excluding hydrogens is 376 g/mol. The van der Waals surface area contributed by atoms with Crippen molar-refractivity contribution < 1.29 is 23.7 Å². The number of hydrogen-bond acceptors (Lipinski definition) is 5. The first-order valence-electron chi connectivity index (χ1n) is 7.33. The summed E-state index contributed by atoms with van der Waals surface area (Å²) in [6, 6.07) is 12.9. The molecule has 0 aliphatic carbocycles. The van der Waals surface area contributed by atoms with E-state index in [9.17, 15) is 4.79 Å². The maximum Gasteiger partial charge on any atom is 0.330 e. The van der Waals surface area contributed by atoms with E-state index in [0.29, 0.717) is 18.1 Å². The second kappa shape index (κ2) is 7.88. The van der Waals surface area contributed by atoms with Gasteiger partial charge in [0.2, 0.25) is 6.79 Å². The van der Waals surface area contributed by atoms with E-state index in [1.165, 1.54) is 6.08 Å². The van der Waals surface area contributed by atoms with Crippen molar-refractivity contribution in [3.8, 4) is 17.2 Å². The molecule has 3 rings (SSSR count). The van der Waals surface area contributed by atoms with E-state index < -0.39 is 5.97 Å². The van der Waals surface area contributed by atoms with Gasteiger partial charge in [-0.15, -0.1) is 0 Å². The van der Waals surface area contributed by atoms with Gasteiger partial charge in [0.25, 0.3) is 0 Å². The summed E-state index contributed by atoms with van der Waals surface area (Å²) in [5, 5.41) is 0. The zero-order valence-electron chi connectivity index (χ0n) is 12.7. The molecule has 0 spiro atoms. The van der Waals surface area contributed by atoms with Gasteiger partial charge >= 0.3 is 5.97 Å². The molecule has 24 heavy (non-hydrogen) atoms. The standard InChI is InChI=1S/C18H15BrO5/c19-14-3-5-15(6-4-14)21-9-10-22-18(20)8-2-13-1-7-16-17(11-13)24-12-23-16/h1-8,11H,9-10,12H2/b8-2+. The van der Waals surface area contributed by atoms with Gasteiger partial charge in [0.1, 0.15) is 19.0 Å². The van der Waals surface area contributed by atoms with Gasteiger partial charge in [-0.1, -0.05) is 22.0 Å². The van der Waals surface area contributed by atoms with Crippen LogP contribution in [-0.4, -0.2) is 26.0 Å². The Morgan fingerprint density at radius 2 is 1.88 bits per heavy atom. The van der Waals surface area contributed by atoms with Crippen LogP contribution in [0.5, 0.6) is 17.2 Å². The van der Waals surface area contributed by atoms with Gasteiger partial charge in [-0.25, -0.2) is 4.79 Å². The van der Waals surface area contributed by atoms with Crippen LogP contribution in [0.4, 0.5) is 0 Å². The number of carbonyl (C=O) groups is 1. The summed E-state index contributed by atoms with van der Waals surface area (Å²) < 4.78 is 22.1. The Bertz CT molecular complexity index is 740. The van der Waals surface area contributed by atoms with Crippen LogP contribution in [0, 0.1) is 0 Å². The smallest absolute Gasteiger partial charge is 0.330 e. The number of hydrogen-bond donors (Lipinski definition) is 0. The molecule has 2 aromatic carbocycles. The molecule has 1 heterocycles. The fraction of sp³-hybridized carbons (Fsp3) is 0.167. The van der Waals surface area contributed by atoms with Gasteiger partial charge < -0.3 is 18.9 Å². The summed E-state index contributed by atoms with van der Waals surface area (Å²) in [4.78, 5) is 11.7. The van der Waals surface area contributed by atoms with E-state index in [0.717, 1.165) is 15.8 Å². The Labute approximate surface area is 147 Å². The van der Waals surface area contributed by atoms with Crippen LogP contribution in [0.1, 0.15) is 5.56 Å². The summed E-state index contributed by atoms with van der Waals surface area (Å²) >= 11 is 3.35. The van der Waals surface area contributed by atoms with Crippen LogP contribution in [-0.2, 0) is 9.53 Å². The first-order chi connectivity index (χ1) is 11.7. The van der Waals surface area contributed by atoms with Crippen molar-refractivity contribution in [2.24, 2.45) is 0 Å². The van der Waals surface area contributed by atoms with E-state index in [1.807, 2.05) is 36.4 Å². The predicted molar refractivity (Wildman–Crippen MR) is 92.2 cm³/mol. The van der Waals surface area contributed by atoms with Crippen molar-refractivity contribution in [2.45, 2.75) is 0 Å². The summed E-state index contributed by atoms with van der Waals surface area (Å²) in [5.41, 5.74) is 0.835. The van der Waals surface area contributed by atoms with E-state index in [4.69, 9.17) is 18.9 Å². The van der Waals surface area contributed by atoms with Gasteiger partial charge in [0, 0.05) is 10.5 Å². The molecular formula is C18H15BrO5. The van der Waals surface area contributed by atoms with Gasteiger partial charge in [0.15, 0.2) is 11.5 Å². The quantitative estimate of drug-likeness (QED) is 0.426. The van der Waals surface area contributed by atoms with Crippen molar-refractivity contribution in [2.75, 3.05) is 20.0 Å². The van der Waals surface area contributed by atoms with Crippen LogP contribution in [0.3, 0.4) is 0 Å². The first kappa shape index (κ1) is 16.4. The molecule has 0 saturated heterocycles. The minimum absolute atomic E-state index is 0.181. The lowest BCUT2D eigenvalue weighted by Crippen LogP contribution is -2.10. The van der Waals surface area contributed by atoms with Gasteiger partial charge in [0.05, 0.1) is 0 Å². The third kappa shape index (κ3) is 4.52. The van der Waals surface area contributed by atoms with E-state index in [1.54, 1.807) is 12.1 Å². The van der Waals surface area contributed by atoms with E-state index in [-0.39, 0.29) is 13.4 Å². The van der Waals surface area contributed by atoms with Gasteiger partial charge in [-0.2, -0.15) is 0 Å². The normalized spacial score (nSPS) is 12.4. The van der Waals surface area contributed by atoms with Crippen LogP contribution in [0.25, 0.3) is 6.08 Å². The minimum atomic E-state index is -0.424. The Morgan fingerprint density at radius 3 is 2.71 bits per heavy atom. The molecule has 2 aromatic rings. The second-order valence-electron chi connectivity index (χ2n) is 4.92. The second-order valence-corrected chi connectivity index (χ2v) is 5.83. The summed E-state index contributed by atoms with van der Waals surface area (Å²) in [7, 11) is 0. The summed E-state index contributed by atoms with van der Waals surface area (Å²) in [6.07, 6.45) is 3.04. The lowest BCUT2D eigenvalue weighted by atomic mass is 10.2. The predicted octanol–water partition coefficient (Wildman–Crippen LogP) is 3.81. The molecule has 0 saturated carbocycles. The molecule has 0 unspecified atom stereocenters. The highest BCUT2D eigenvalue weighted by Crippen LogP contribution is 2.32. The molecule has 6 heteroatoms. The number of rotatable bonds is 6. The van der Waals surface area contributed by atoms with E-state index >= 15 is 0 Å². The summed E-state index contributed by atoms with van der Waals surface area (Å²) in [6.45, 7) is 0.703. The molecule has 124 valence electrons. The fourth-order valence-electron chi connectivity index (χ4n) is 2.06. The zero-order chi connectivity index (χ0) is 16.8. The average molecular weight is 391 g/mol. The Kier molecular flexibility index (Phi) is 5.38. The zero-order valence-corrected chi connectivity index (χ0v) is 14.3. The average Bonchev–Trinajstić information content (AvgIpc) is 3.06. The molecule has 5 nitrogen and oxygen atoms in total. The van der Waals surface area contributed by atoms with Crippen LogP contribution < -0.4 is 14.2 Å². The lowest BCUT2D eigenvalue weighted by molar-refractivity contribution is -0.138. The Morgan fingerprint density at radius 1 is 1.08 bits per heavy atom. The number of esters is 1. The molecule has 0 aromatic heterocycles. The molecule has 0 bridgehead atoms. The van der Waals surface area contributed by atoms with Crippen molar-refractivity contribution in [1.29, 1.82) is 0 Å². The number of fused-ring (bicyclic) bond motifs is 1. The van der Waals surface area contributed by atoms with Crippen LogP contribution in [0.15, 0.2) is 53.0 Å². The molecule has 0 fully saturated rings. The van der Waals surface area contributed by atoms with Gasteiger partial charge in [-0.05, 0) is 48.0 Å².